The fourth-order valence-electron chi connectivity index (χ4n) is 0.962. The molecule has 0 unspecified atom stereocenters. The van der Waals surface area contributed by atoms with Crippen LogP contribution in [0.5, 0.6) is 0 Å². The fourth-order valence-corrected chi connectivity index (χ4v) is 1.64. The molecule has 0 radical (unpaired) electrons. The molecular weight excluding hydrogens is 404 g/mol. The minimum atomic E-state index is -11.2. The molecule has 0 saturated heterocycles. The first-order valence-electron chi connectivity index (χ1n) is 4.81. The van der Waals surface area contributed by atoms with E-state index in [2.05, 4.69) is 12.5 Å². The summed E-state index contributed by atoms with van der Waals surface area (Å²) in [6.07, 6.45) is 4.34. The Kier molecular flexibility index (Phi) is 5.10. The van der Waals surface area contributed by atoms with Gasteiger partial charge in [-0.1, -0.05) is 0 Å². The average Bonchev–Trinajstić information content (AvgIpc) is 2.12. The van der Waals surface area contributed by atoms with E-state index in [1.54, 1.807) is 6.92 Å². The van der Waals surface area contributed by atoms with Gasteiger partial charge in [0.25, 0.3) is 0 Å². The Hall–Kier alpha value is -0.362. The predicted octanol–water partition coefficient (Wildman–Crippen LogP) is 4.27. The molecule has 0 atom stereocenters. The first-order valence-corrected chi connectivity index (χ1v) is 12.6. The molecule has 0 N–H and O–H groups in total. The van der Waals surface area contributed by atoms with Crippen LogP contribution in [-0.2, 0) is 10.9 Å². The summed E-state index contributed by atoms with van der Waals surface area (Å²) in [5.74, 6) is 0.133. The van der Waals surface area contributed by atoms with Crippen molar-refractivity contribution in [2.75, 3.05) is 12.5 Å². The van der Waals surface area contributed by atoms with Crippen molar-refractivity contribution >= 4 is 36.2 Å². The quantitative estimate of drug-likeness (QED) is 0.304. The Morgan fingerprint density at radius 1 is 0.947 bits per heavy atom. The number of carbonyl (C=O) groups is 1. The van der Waals surface area contributed by atoms with E-state index < -0.39 is 19.5 Å². The zero-order valence-electron chi connectivity index (χ0n) is 10.3. The SMILES string of the molecule is CC(=O)c1ccc([S+](C)C)cc1.[F][Sb-]([F])([F])([F])([F])[F]. The molecule has 0 aliphatic carbocycles. The van der Waals surface area contributed by atoms with Crippen molar-refractivity contribution in [2.24, 2.45) is 0 Å². The third-order valence-electron chi connectivity index (χ3n) is 1.73. The van der Waals surface area contributed by atoms with Gasteiger partial charge in [-0.2, -0.15) is 0 Å². The molecule has 1 aromatic carbocycles. The number of rotatable bonds is 2. The standard InChI is InChI=1S/C10H13OS.6FH.Sb/c1-8(11)9-4-6-10(7-5-9)12(2)3;;;;;;;/h4-7H,1-3H3;6*1H;/q+1;;;;;;;+5/p-6. The molecule has 1 nitrogen and oxygen atoms in total. The van der Waals surface area contributed by atoms with Crippen molar-refractivity contribution in [2.45, 2.75) is 11.8 Å². The summed E-state index contributed by atoms with van der Waals surface area (Å²) in [5.41, 5.74) is 0.796. The first kappa shape index (κ1) is 18.6. The van der Waals surface area contributed by atoms with Crippen LogP contribution in [0.3, 0.4) is 0 Å². The van der Waals surface area contributed by atoms with E-state index in [1.807, 2.05) is 24.3 Å². The molecule has 0 amide bonds. The van der Waals surface area contributed by atoms with Crippen LogP contribution >= 0.6 is 0 Å². The Bertz CT molecular complexity index is 439. The number of halogens is 6. The molecule has 0 fully saturated rings. The Morgan fingerprint density at radius 3 is 1.47 bits per heavy atom. The van der Waals surface area contributed by atoms with Crippen molar-refractivity contribution in [1.29, 1.82) is 0 Å². The van der Waals surface area contributed by atoms with Crippen LogP contribution in [-0.4, -0.2) is 37.8 Å². The average molecular weight is 417 g/mol. The molecule has 0 bridgehead atoms. The summed E-state index contributed by atoms with van der Waals surface area (Å²) in [6.45, 7) is 1.59. The number of hydrogen-bond donors (Lipinski definition) is 0. The van der Waals surface area contributed by atoms with Crippen LogP contribution in [0.2, 0.25) is 0 Å². The zero-order chi connectivity index (χ0) is 15.5. The molecule has 112 valence electrons. The van der Waals surface area contributed by atoms with Gasteiger partial charge in [0.2, 0.25) is 0 Å². The minimum absolute atomic E-state index is 0.133. The van der Waals surface area contributed by atoms with Gasteiger partial charge in [0.15, 0.2) is 10.7 Å². The molecule has 9 heteroatoms. The third-order valence-corrected chi connectivity index (χ3v) is 2.95. The Labute approximate surface area is 112 Å². The molecule has 0 saturated carbocycles. The van der Waals surface area contributed by atoms with Crippen molar-refractivity contribution in [3.63, 3.8) is 0 Å². The van der Waals surface area contributed by atoms with Crippen molar-refractivity contribution in [3.8, 4) is 0 Å². The first-order chi connectivity index (χ1) is 8.06. The maximum atomic E-state index is 10.9. The van der Waals surface area contributed by atoms with Crippen molar-refractivity contribution in [1.82, 2.24) is 0 Å². The van der Waals surface area contributed by atoms with E-state index in [-0.39, 0.29) is 16.7 Å². The van der Waals surface area contributed by atoms with E-state index in [0.717, 1.165) is 5.56 Å². The number of Topliss-reactive ketones (excluding diaryl/α,β-unsaturated/α-hetero) is 1. The van der Waals surface area contributed by atoms with E-state index in [1.165, 1.54) is 4.90 Å². The monoisotopic (exact) mass is 416 g/mol. The Balaban J connectivity index is 0.000000399. The van der Waals surface area contributed by atoms with Crippen LogP contribution < -0.4 is 0 Å². The number of ketones is 1. The van der Waals surface area contributed by atoms with Gasteiger partial charge in [-0.25, -0.2) is 0 Å². The predicted molar refractivity (Wildman–Crippen MR) is 66.3 cm³/mol. The van der Waals surface area contributed by atoms with Gasteiger partial charge in [-0.3, -0.25) is 4.79 Å². The summed E-state index contributed by atoms with van der Waals surface area (Å²) in [7, 11) is 0.288. The summed E-state index contributed by atoms with van der Waals surface area (Å²) in [5, 5.41) is 0. The van der Waals surface area contributed by atoms with Gasteiger partial charge in [-0.05, 0) is 31.2 Å². The fraction of sp³-hybridized carbons (Fsp3) is 0.300. The summed E-state index contributed by atoms with van der Waals surface area (Å²) >= 11 is -11.2. The Morgan fingerprint density at radius 2 is 1.26 bits per heavy atom. The molecule has 0 heterocycles. The third kappa shape index (κ3) is 13.9. The zero-order valence-corrected chi connectivity index (χ0v) is 13.7. The second-order valence-electron chi connectivity index (χ2n) is 3.86. The number of hydrogen-bond acceptors (Lipinski definition) is 1. The summed E-state index contributed by atoms with van der Waals surface area (Å²) in [6, 6.07) is 7.84. The molecule has 0 aliphatic heterocycles. The molecule has 0 aromatic heterocycles. The van der Waals surface area contributed by atoms with Gasteiger partial charge < -0.3 is 0 Å². The molecular formula is C10H13F6OSSb. The second-order valence-corrected chi connectivity index (χ2v) is 11.4. The van der Waals surface area contributed by atoms with E-state index in [0.29, 0.717) is 0 Å². The van der Waals surface area contributed by atoms with Gasteiger partial charge in [0, 0.05) is 16.5 Å². The topological polar surface area (TPSA) is 17.1 Å². The number of benzene rings is 1. The van der Waals surface area contributed by atoms with Crippen LogP contribution in [0.25, 0.3) is 0 Å². The maximum absolute atomic E-state index is 11.2. The van der Waals surface area contributed by atoms with Crippen LogP contribution in [0.4, 0.5) is 16.9 Å². The van der Waals surface area contributed by atoms with Crippen LogP contribution in [0, 0.1) is 0 Å². The molecule has 19 heavy (non-hydrogen) atoms. The molecule has 1 aromatic rings. The normalized spacial score (nSPS) is 15.1. The second kappa shape index (κ2) is 5.20. The van der Waals surface area contributed by atoms with E-state index in [4.69, 9.17) is 0 Å². The van der Waals surface area contributed by atoms with Gasteiger partial charge in [0.1, 0.15) is 12.5 Å². The van der Waals surface area contributed by atoms with Crippen molar-refractivity contribution in [3.05, 3.63) is 29.8 Å². The van der Waals surface area contributed by atoms with Crippen LogP contribution in [0.15, 0.2) is 29.2 Å². The number of carbonyl (C=O) groups excluding carboxylic acids is 1. The van der Waals surface area contributed by atoms with E-state index in [9.17, 15) is 21.7 Å². The summed E-state index contributed by atoms with van der Waals surface area (Å²) < 4.78 is 59.6. The van der Waals surface area contributed by atoms with E-state index >= 15 is 0 Å². The van der Waals surface area contributed by atoms with Gasteiger partial charge >= 0.3 is 36.4 Å². The van der Waals surface area contributed by atoms with Crippen molar-refractivity contribution < 1.29 is 21.7 Å². The molecule has 0 aliphatic rings. The molecule has 1 rings (SSSR count). The molecule has 0 spiro atoms. The summed E-state index contributed by atoms with van der Waals surface area (Å²) in [4.78, 5) is 12.2. The van der Waals surface area contributed by atoms with Gasteiger partial charge in [-0.15, -0.1) is 0 Å². The van der Waals surface area contributed by atoms with Gasteiger partial charge in [0.05, 0.1) is 0 Å². The van der Waals surface area contributed by atoms with Crippen LogP contribution in [0.1, 0.15) is 17.3 Å².